The molecule has 0 aromatic heterocycles. The van der Waals surface area contributed by atoms with Crippen LogP contribution in [0.2, 0.25) is 0 Å². The predicted octanol–water partition coefficient (Wildman–Crippen LogP) is 2.46. The zero-order valence-corrected chi connectivity index (χ0v) is 12.3. The highest BCUT2D eigenvalue weighted by molar-refractivity contribution is 5.99. The fraction of sp³-hybridized carbons (Fsp3) is 0.133. The summed E-state index contributed by atoms with van der Waals surface area (Å²) in [6.07, 6.45) is 0. The highest BCUT2D eigenvalue weighted by atomic mass is 19.2. The number of carbonyl (C=O) groups excluding carboxylic acids is 1. The molecule has 0 aliphatic heterocycles. The molecular formula is C15H13F2N3O4. The number of hydrogen-bond acceptors (Lipinski definition) is 5. The summed E-state index contributed by atoms with van der Waals surface area (Å²) in [5.41, 5.74) is 5.22. The van der Waals surface area contributed by atoms with Crippen molar-refractivity contribution >= 4 is 17.3 Å². The van der Waals surface area contributed by atoms with Gasteiger partial charge in [0.1, 0.15) is 12.4 Å². The van der Waals surface area contributed by atoms with Crippen molar-refractivity contribution in [3.8, 4) is 5.75 Å². The van der Waals surface area contributed by atoms with Gasteiger partial charge in [-0.05, 0) is 18.2 Å². The first-order chi connectivity index (χ1) is 11.4. The standard InChI is InChI=1S/C15H13F2N3O4/c16-12-3-2-10(8-13(12)17)24-6-5-19-14-4-1-9(20(22)23)7-11(14)15(18)21/h1-4,7-8,19H,5-6H2,(H2,18,21). The molecule has 126 valence electrons. The maximum atomic E-state index is 13.0. The van der Waals surface area contributed by atoms with Gasteiger partial charge in [-0.25, -0.2) is 8.78 Å². The number of non-ortho nitro benzene ring substituents is 1. The number of amides is 1. The van der Waals surface area contributed by atoms with Crippen molar-refractivity contribution in [2.75, 3.05) is 18.5 Å². The number of nitrogens with one attached hydrogen (secondary N) is 1. The van der Waals surface area contributed by atoms with Crippen molar-refractivity contribution in [2.45, 2.75) is 0 Å². The van der Waals surface area contributed by atoms with Crippen LogP contribution in [0.5, 0.6) is 5.75 Å². The number of halogens is 2. The summed E-state index contributed by atoms with van der Waals surface area (Å²) in [5.74, 6) is -2.67. The summed E-state index contributed by atoms with van der Waals surface area (Å²) in [6, 6.07) is 6.79. The fourth-order valence-corrected chi connectivity index (χ4v) is 1.93. The summed E-state index contributed by atoms with van der Waals surface area (Å²) in [6.45, 7) is 0.289. The molecule has 0 heterocycles. The summed E-state index contributed by atoms with van der Waals surface area (Å²) in [5, 5.41) is 13.6. The summed E-state index contributed by atoms with van der Waals surface area (Å²) in [4.78, 5) is 21.4. The van der Waals surface area contributed by atoms with Crippen molar-refractivity contribution in [1.82, 2.24) is 0 Å². The number of nitrogens with two attached hydrogens (primary N) is 1. The van der Waals surface area contributed by atoms with Gasteiger partial charge >= 0.3 is 0 Å². The Labute approximate surface area is 135 Å². The molecule has 0 atom stereocenters. The maximum Gasteiger partial charge on any atom is 0.270 e. The monoisotopic (exact) mass is 337 g/mol. The SMILES string of the molecule is NC(=O)c1cc([N+](=O)[O-])ccc1NCCOc1ccc(F)c(F)c1. The molecule has 0 saturated heterocycles. The average molecular weight is 337 g/mol. The third kappa shape index (κ3) is 4.15. The number of rotatable bonds is 7. The number of hydrogen-bond donors (Lipinski definition) is 2. The van der Waals surface area contributed by atoms with Gasteiger partial charge in [-0.1, -0.05) is 0 Å². The number of nitro benzene ring substituents is 1. The van der Waals surface area contributed by atoms with Crippen molar-refractivity contribution < 1.29 is 23.2 Å². The van der Waals surface area contributed by atoms with E-state index in [1.165, 1.54) is 18.2 Å². The number of primary amides is 1. The average Bonchev–Trinajstić information content (AvgIpc) is 2.54. The Bertz CT molecular complexity index is 783. The Kier molecular flexibility index (Phi) is 5.25. The molecule has 0 unspecified atom stereocenters. The molecule has 2 rings (SSSR count). The van der Waals surface area contributed by atoms with Crippen molar-refractivity contribution in [3.05, 3.63) is 63.7 Å². The number of nitrogens with zero attached hydrogens (tertiary/aromatic N) is 1. The van der Waals surface area contributed by atoms with Crippen LogP contribution in [0.15, 0.2) is 36.4 Å². The second kappa shape index (κ2) is 7.36. The molecule has 0 radical (unpaired) electrons. The van der Waals surface area contributed by atoms with Gasteiger partial charge in [0.25, 0.3) is 11.6 Å². The van der Waals surface area contributed by atoms with Crippen LogP contribution in [0.4, 0.5) is 20.2 Å². The van der Waals surface area contributed by atoms with Crippen molar-refractivity contribution in [1.29, 1.82) is 0 Å². The molecule has 2 aromatic carbocycles. The number of ether oxygens (including phenoxy) is 1. The summed E-state index contributed by atoms with van der Waals surface area (Å²) >= 11 is 0. The first kappa shape index (κ1) is 17.1. The highest BCUT2D eigenvalue weighted by Gasteiger charge is 2.14. The van der Waals surface area contributed by atoms with Gasteiger partial charge in [0.15, 0.2) is 11.6 Å². The molecule has 0 saturated carbocycles. The second-order valence-corrected chi connectivity index (χ2v) is 4.70. The van der Waals surface area contributed by atoms with Crippen LogP contribution in [0.25, 0.3) is 0 Å². The van der Waals surface area contributed by atoms with Crippen LogP contribution in [-0.2, 0) is 0 Å². The first-order valence-electron chi connectivity index (χ1n) is 6.78. The number of nitro groups is 1. The largest absolute Gasteiger partial charge is 0.492 e. The molecule has 0 aliphatic carbocycles. The molecule has 1 amide bonds. The van der Waals surface area contributed by atoms with Crippen LogP contribution >= 0.6 is 0 Å². The minimum absolute atomic E-state index is 0.0305. The lowest BCUT2D eigenvalue weighted by atomic mass is 10.1. The molecule has 0 bridgehead atoms. The second-order valence-electron chi connectivity index (χ2n) is 4.70. The van der Waals surface area contributed by atoms with E-state index < -0.39 is 22.5 Å². The minimum Gasteiger partial charge on any atom is -0.492 e. The zero-order chi connectivity index (χ0) is 17.7. The fourth-order valence-electron chi connectivity index (χ4n) is 1.93. The van der Waals surface area contributed by atoms with Crippen molar-refractivity contribution in [2.24, 2.45) is 5.73 Å². The van der Waals surface area contributed by atoms with Crippen LogP contribution in [0, 0.1) is 21.7 Å². The van der Waals surface area contributed by atoms with Crippen molar-refractivity contribution in [3.63, 3.8) is 0 Å². The van der Waals surface area contributed by atoms with E-state index in [0.29, 0.717) is 5.69 Å². The van der Waals surface area contributed by atoms with Gasteiger partial charge < -0.3 is 15.8 Å². The third-order valence-corrected chi connectivity index (χ3v) is 3.06. The molecule has 2 aromatic rings. The van der Waals surface area contributed by atoms with Crippen LogP contribution in [-0.4, -0.2) is 24.0 Å². The Morgan fingerprint density at radius 1 is 1.21 bits per heavy atom. The molecule has 3 N–H and O–H groups in total. The Morgan fingerprint density at radius 2 is 1.96 bits per heavy atom. The molecule has 0 fully saturated rings. The van der Waals surface area contributed by atoms with E-state index >= 15 is 0 Å². The minimum atomic E-state index is -1.02. The Morgan fingerprint density at radius 3 is 2.58 bits per heavy atom. The predicted molar refractivity (Wildman–Crippen MR) is 82.0 cm³/mol. The summed E-state index contributed by atoms with van der Waals surface area (Å²) < 4.78 is 31.0. The quantitative estimate of drug-likeness (QED) is 0.458. The Balaban J connectivity index is 1.97. The Hall–Kier alpha value is -3.23. The number of anilines is 1. The van der Waals surface area contributed by atoms with E-state index in [4.69, 9.17) is 10.5 Å². The van der Waals surface area contributed by atoms with E-state index in [2.05, 4.69) is 5.32 Å². The normalized spacial score (nSPS) is 10.2. The number of benzene rings is 2. The van der Waals surface area contributed by atoms with Gasteiger partial charge in [-0.3, -0.25) is 14.9 Å². The van der Waals surface area contributed by atoms with E-state index in [1.807, 2.05) is 0 Å². The van der Waals surface area contributed by atoms with Crippen LogP contribution < -0.4 is 15.8 Å². The maximum absolute atomic E-state index is 13.0. The van der Waals surface area contributed by atoms with E-state index in [-0.39, 0.29) is 30.2 Å². The molecule has 0 aliphatic rings. The van der Waals surface area contributed by atoms with E-state index in [0.717, 1.165) is 18.2 Å². The lowest BCUT2D eigenvalue weighted by molar-refractivity contribution is -0.384. The van der Waals surface area contributed by atoms with Gasteiger partial charge in [-0.2, -0.15) is 0 Å². The molecule has 9 heteroatoms. The first-order valence-corrected chi connectivity index (χ1v) is 6.78. The third-order valence-electron chi connectivity index (χ3n) is 3.06. The molecule has 7 nitrogen and oxygen atoms in total. The number of carbonyl (C=O) groups is 1. The summed E-state index contributed by atoms with van der Waals surface area (Å²) in [7, 11) is 0. The zero-order valence-electron chi connectivity index (χ0n) is 12.3. The lowest BCUT2D eigenvalue weighted by Crippen LogP contribution is -2.17. The highest BCUT2D eigenvalue weighted by Crippen LogP contribution is 2.22. The van der Waals surface area contributed by atoms with E-state index in [1.54, 1.807) is 0 Å². The molecule has 24 heavy (non-hydrogen) atoms. The smallest absolute Gasteiger partial charge is 0.270 e. The van der Waals surface area contributed by atoms with Gasteiger partial charge in [0.2, 0.25) is 0 Å². The van der Waals surface area contributed by atoms with Crippen LogP contribution in [0.3, 0.4) is 0 Å². The molecular weight excluding hydrogens is 324 g/mol. The topological polar surface area (TPSA) is 107 Å². The van der Waals surface area contributed by atoms with Gasteiger partial charge in [0.05, 0.1) is 10.5 Å². The van der Waals surface area contributed by atoms with Gasteiger partial charge in [-0.15, -0.1) is 0 Å². The van der Waals surface area contributed by atoms with Crippen LogP contribution in [0.1, 0.15) is 10.4 Å². The van der Waals surface area contributed by atoms with Gasteiger partial charge in [0, 0.05) is 30.4 Å². The molecule has 0 spiro atoms. The lowest BCUT2D eigenvalue weighted by Gasteiger charge is -2.11. The van der Waals surface area contributed by atoms with E-state index in [9.17, 15) is 23.7 Å².